The van der Waals surface area contributed by atoms with Crippen molar-refractivity contribution in [2.45, 2.75) is 62.5 Å². The maximum atomic E-state index is 14.1. The number of aliphatic hydroxyl groups is 1. The molecule has 2 saturated heterocycles. The van der Waals surface area contributed by atoms with Crippen molar-refractivity contribution in [2.24, 2.45) is 11.3 Å². The quantitative estimate of drug-likeness (QED) is 0.258. The lowest BCUT2D eigenvalue weighted by molar-refractivity contribution is -0.0907. The molecule has 46 heavy (non-hydrogen) atoms. The van der Waals surface area contributed by atoms with Gasteiger partial charge in [0, 0.05) is 20.1 Å². The van der Waals surface area contributed by atoms with Crippen LogP contribution in [0.25, 0.3) is 0 Å². The number of benzene rings is 2. The minimum absolute atomic E-state index is 0.0134. The zero-order chi connectivity index (χ0) is 33.3. The molecule has 0 aliphatic carbocycles. The number of rotatable bonds is 15. The van der Waals surface area contributed by atoms with E-state index in [9.17, 15) is 23.1 Å². The number of nitrogens with one attached hydrogen (secondary N) is 2. The normalized spacial score (nSPS) is 20.9. The number of carbonyl (C=O) groups is 2. The highest BCUT2D eigenvalue weighted by Gasteiger charge is 2.44. The fourth-order valence-electron chi connectivity index (χ4n) is 5.55. The van der Waals surface area contributed by atoms with Crippen LogP contribution in [0, 0.1) is 11.3 Å². The number of amides is 2. The van der Waals surface area contributed by atoms with Gasteiger partial charge in [-0.05, 0) is 54.5 Å². The molecule has 2 fully saturated rings. The van der Waals surface area contributed by atoms with Crippen molar-refractivity contribution in [2.75, 3.05) is 47.1 Å². The van der Waals surface area contributed by atoms with Crippen LogP contribution in [0.2, 0.25) is 0 Å². The molecule has 0 aromatic heterocycles. The molecule has 2 aromatic carbocycles. The van der Waals surface area contributed by atoms with E-state index in [0.717, 1.165) is 5.56 Å². The van der Waals surface area contributed by atoms with Gasteiger partial charge in [-0.15, -0.1) is 0 Å². The number of sulfonamides is 1. The molecule has 2 aliphatic rings. The molecule has 13 nitrogen and oxygen atoms in total. The Labute approximate surface area is 270 Å². The molecule has 0 bridgehead atoms. The fourth-order valence-corrected chi connectivity index (χ4v) is 7.20. The Morgan fingerprint density at radius 2 is 1.80 bits per heavy atom. The van der Waals surface area contributed by atoms with E-state index in [1.165, 1.54) is 30.6 Å². The van der Waals surface area contributed by atoms with E-state index in [4.69, 9.17) is 23.7 Å². The molecular formula is C32H45N3O10S. The van der Waals surface area contributed by atoms with Crippen molar-refractivity contribution < 1.29 is 46.8 Å². The summed E-state index contributed by atoms with van der Waals surface area (Å²) < 4.78 is 56.5. The molecule has 4 unspecified atom stereocenters. The highest BCUT2D eigenvalue weighted by atomic mass is 32.2. The van der Waals surface area contributed by atoms with Crippen LogP contribution in [0.4, 0.5) is 9.59 Å². The van der Waals surface area contributed by atoms with Crippen molar-refractivity contribution in [3.8, 4) is 5.75 Å². The van der Waals surface area contributed by atoms with Crippen molar-refractivity contribution in [1.29, 1.82) is 0 Å². The Morgan fingerprint density at radius 3 is 2.48 bits per heavy atom. The van der Waals surface area contributed by atoms with Crippen LogP contribution >= 0.6 is 0 Å². The van der Waals surface area contributed by atoms with E-state index in [1.807, 2.05) is 44.2 Å². The molecule has 0 spiro atoms. The topological polar surface area (TPSA) is 162 Å². The first kappa shape index (κ1) is 35.4. The van der Waals surface area contributed by atoms with Crippen molar-refractivity contribution >= 4 is 22.2 Å². The summed E-state index contributed by atoms with van der Waals surface area (Å²) in [5, 5.41) is 16.8. The van der Waals surface area contributed by atoms with Crippen LogP contribution in [0.5, 0.6) is 5.75 Å². The van der Waals surface area contributed by atoms with Crippen LogP contribution in [-0.4, -0.2) is 102 Å². The first-order valence-electron chi connectivity index (χ1n) is 15.3. The average molecular weight is 664 g/mol. The molecule has 2 aliphatic heterocycles. The van der Waals surface area contributed by atoms with Crippen molar-refractivity contribution in [3.63, 3.8) is 0 Å². The first-order chi connectivity index (χ1) is 21.9. The standard InChI is InChI=1S/C32H45N3O10S/c1-32(2,15-17-43-30(37)33-3)21-35(46(39,40)24-12-10-23(41-4)11-13-24)19-27(36)26(18-22-8-6-5-7-9-22)34-31(38)45-28-20-44-29-25(28)14-16-42-29/h5-13,25-29,36H,14-21H2,1-4H3,(H,33,37)(H,34,38)/t25?,26-,27?,28?,29?/m0/s1. The van der Waals surface area contributed by atoms with E-state index in [-0.39, 0.29) is 43.5 Å². The third kappa shape index (κ3) is 9.55. The Kier molecular flexibility index (Phi) is 12.3. The lowest BCUT2D eigenvalue weighted by Gasteiger charge is -2.35. The number of methoxy groups -OCH3 is 1. The minimum Gasteiger partial charge on any atom is -0.497 e. The van der Waals surface area contributed by atoms with E-state index in [1.54, 1.807) is 12.1 Å². The highest BCUT2D eigenvalue weighted by molar-refractivity contribution is 7.89. The summed E-state index contributed by atoms with van der Waals surface area (Å²) in [4.78, 5) is 24.8. The van der Waals surface area contributed by atoms with Gasteiger partial charge in [0.2, 0.25) is 10.0 Å². The second kappa shape index (κ2) is 15.9. The van der Waals surface area contributed by atoms with Gasteiger partial charge in [0.25, 0.3) is 0 Å². The fraction of sp³-hybridized carbons (Fsp3) is 0.562. The first-order valence-corrected chi connectivity index (χ1v) is 16.8. The van der Waals surface area contributed by atoms with Crippen LogP contribution in [0.1, 0.15) is 32.3 Å². The number of ether oxygens (including phenoxy) is 5. The lowest BCUT2D eigenvalue weighted by Crippen LogP contribution is -2.52. The van der Waals surface area contributed by atoms with Crippen LogP contribution in [0.15, 0.2) is 59.5 Å². The summed E-state index contributed by atoms with van der Waals surface area (Å²) in [6.07, 6.45) is -2.28. The smallest absolute Gasteiger partial charge is 0.407 e. The number of alkyl carbamates (subject to hydrolysis) is 2. The molecule has 14 heteroatoms. The highest BCUT2D eigenvalue weighted by Crippen LogP contribution is 2.33. The van der Waals surface area contributed by atoms with Gasteiger partial charge in [-0.3, -0.25) is 0 Å². The van der Waals surface area contributed by atoms with Crippen LogP contribution < -0.4 is 15.4 Å². The summed E-state index contributed by atoms with van der Waals surface area (Å²) in [5.41, 5.74) is 0.160. The van der Waals surface area contributed by atoms with Crippen molar-refractivity contribution in [3.05, 3.63) is 60.2 Å². The SMILES string of the molecule is CNC(=O)OCCC(C)(C)CN(CC(O)[C@H](Cc1ccccc1)NC(=O)OC1COC2OCCC12)S(=O)(=O)c1ccc(OC)cc1. The maximum Gasteiger partial charge on any atom is 0.407 e. The van der Waals surface area contributed by atoms with Crippen LogP contribution in [0.3, 0.4) is 0 Å². The molecule has 2 heterocycles. The van der Waals surface area contributed by atoms with Gasteiger partial charge in [0.1, 0.15) is 11.9 Å². The Balaban J connectivity index is 1.55. The van der Waals surface area contributed by atoms with Gasteiger partial charge in [0.15, 0.2) is 6.29 Å². The Bertz CT molecular complexity index is 1390. The van der Waals surface area contributed by atoms with E-state index in [0.29, 0.717) is 25.2 Å². The zero-order valence-electron chi connectivity index (χ0n) is 26.7. The zero-order valence-corrected chi connectivity index (χ0v) is 27.5. The second-order valence-electron chi connectivity index (χ2n) is 12.2. The van der Waals surface area contributed by atoms with E-state index < -0.39 is 52.2 Å². The molecule has 0 saturated carbocycles. The number of carbonyl (C=O) groups excluding carboxylic acids is 2. The maximum absolute atomic E-state index is 14.1. The minimum atomic E-state index is -4.14. The summed E-state index contributed by atoms with van der Waals surface area (Å²) >= 11 is 0. The van der Waals surface area contributed by atoms with Gasteiger partial charge in [0.05, 0.1) is 49.9 Å². The largest absolute Gasteiger partial charge is 0.497 e. The Morgan fingerprint density at radius 1 is 1.09 bits per heavy atom. The summed E-state index contributed by atoms with van der Waals surface area (Å²) in [7, 11) is -1.20. The monoisotopic (exact) mass is 663 g/mol. The van der Waals surface area contributed by atoms with Gasteiger partial charge < -0.3 is 39.4 Å². The predicted octanol–water partition coefficient (Wildman–Crippen LogP) is 2.92. The molecule has 4 rings (SSSR count). The van der Waals surface area contributed by atoms with Crippen LogP contribution in [-0.2, 0) is 35.4 Å². The molecule has 2 aromatic rings. The molecular weight excluding hydrogens is 618 g/mol. The van der Waals surface area contributed by atoms with Gasteiger partial charge in [-0.25, -0.2) is 18.0 Å². The summed E-state index contributed by atoms with van der Waals surface area (Å²) in [6.45, 7) is 4.15. The number of aliphatic hydroxyl groups excluding tert-OH is 1. The van der Waals surface area contributed by atoms with E-state index >= 15 is 0 Å². The molecule has 5 atom stereocenters. The summed E-state index contributed by atoms with van der Waals surface area (Å²) in [5.74, 6) is 0.425. The molecule has 2 amide bonds. The number of hydrogen-bond donors (Lipinski definition) is 3. The number of hydrogen-bond acceptors (Lipinski definition) is 10. The Hall–Kier alpha value is -3.43. The predicted molar refractivity (Wildman–Crippen MR) is 168 cm³/mol. The lowest BCUT2D eigenvalue weighted by atomic mass is 9.89. The van der Waals surface area contributed by atoms with Gasteiger partial charge in [-0.1, -0.05) is 44.2 Å². The summed E-state index contributed by atoms with van der Waals surface area (Å²) in [6, 6.07) is 14.3. The molecule has 3 N–H and O–H groups in total. The number of nitrogens with zero attached hydrogens (tertiary/aromatic N) is 1. The van der Waals surface area contributed by atoms with Gasteiger partial charge in [-0.2, -0.15) is 4.31 Å². The molecule has 0 radical (unpaired) electrons. The van der Waals surface area contributed by atoms with E-state index in [2.05, 4.69) is 10.6 Å². The second-order valence-corrected chi connectivity index (χ2v) is 14.2. The van der Waals surface area contributed by atoms with Crippen molar-refractivity contribution in [1.82, 2.24) is 14.9 Å². The average Bonchev–Trinajstić information content (AvgIpc) is 3.66. The van der Waals surface area contributed by atoms with Gasteiger partial charge >= 0.3 is 12.2 Å². The third-order valence-corrected chi connectivity index (χ3v) is 10.0. The molecule has 254 valence electrons. The third-order valence-electron chi connectivity index (χ3n) is 8.22. The number of fused-ring (bicyclic) bond motifs is 1.